The second kappa shape index (κ2) is 6.86. The molecule has 1 fully saturated rings. The number of benzene rings is 2. The Morgan fingerprint density at radius 3 is 2.21 bits per heavy atom. The van der Waals surface area contributed by atoms with Gasteiger partial charge in [0, 0.05) is 16.5 Å². The van der Waals surface area contributed by atoms with Crippen LogP contribution >= 0.6 is 0 Å². The lowest BCUT2D eigenvalue weighted by atomic mass is 9.63. The van der Waals surface area contributed by atoms with Crippen LogP contribution in [0.1, 0.15) is 70.3 Å². The summed E-state index contributed by atoms with van der Waals surface area (Å²) in [5, 5.41) is 6.40. The van der Waals surface area contributed by atoms with Crippen molar-refractivity contribution in [1.82, 2.24) is 5.01 Å². The molecule has 170 valence electrons. The summed E-state index contributed by atoms with van der Waals surface area (Å²) in [6, 6.07) is 16.5. The summed E-state index contributed by atoms with van der Waals surface area (Å²) < 4.78 is 5.85. The third-order valence-corrected chi connectivity index (χ3v) is 7.43. The molecule has 1 spiro atoms. The summed E-state index contributed by atoms with van der Waals surface area (Å²) in [7, 11) is 0. The number of fused-ring (bicyclic) bond motifs is 5. The van der Waals surface area contributed by atoms with Crippen LogP contribution in [0.25, 0.3) is 0 Å². The number of carbonyl (C=O) groups excluding carboxylic acids is 3. The van der Waals surface area contributed by atoms with Crippen molar-refractivity contribution in [3.05, 3.63) is 94.9 Å². The highest BCUT2D eigenvalue weighted by atomic mass is 16.3. The van der Waals surface area contributed by atoms with Crippen molar-refractivity contribution in [1.29, 1.82) is 0 Å². The predicted octanol–water partition coefficient (Wildman–Crippen LogP) is 4.82. The Balaban J connectivity index is 1.71. The van der Waals surface area contributed by atoms with Crippen molar-refractivity contribution in [2.75, 3.05) is 0 Å². The van der Waals surface area contributed by atoms with E-state index in [1.54, 1.807) is 47.6 Å². The van der Waals surface area contributed by atoms with Gasteiger partial charge < -0.3 is 4.42 Å². The molecule has 0 bridgehead atoms. The molecule has 6 rings (SSSR count). The van der Waals surface area contributed by atoms with E-state index in [1.165, 1.54) is 6.26 Å². The van der Waals surface area contributed by atoms with Gasteiger partial charge in [-0.3, -0.25) is 19.4 Å². The van der Waals surface area contributed by atoms with E-state index in [0.29, 0.717) is 16.9 Å². The minimum Gasteiger partial charge on any atom is -0.469 e. The first-order valence-corrected chi connectivity index (χ1v) is 11.5. The summed E-state index contributed by atoms with van der Waals surface area (Å²) in [6.45, 7) is 5.55. The number of ketones is 3. The first kappa shape index (κ1) is 20.8. The molecule has 0 saturated carbocycles. The van der Waals surface area contributed by atoms with E-state index in [0.717, 1.165) is 11.1 Å². The zero-order chi connectivity index (χ0) is 23.8. The molecule has 3 atom stereocenters. The van der Waals surface area contributed by atoms with Crippen LogP contribution in [0.2, 0.25) is 0 Å². The largest absolute Gasteiger partial charge is 0.469 e. The van der Waals surface area contributed by atoms with Crippen LogP contribution < -0.4 is 0 Å². The van der Waals surface area contributed by atoms with Gasteiger partial charge in [-0.1, -0.05) is 69.3 Å². The number of hydrazone groups is 1. The van der Waals surface area contributed by atoms with E-state index < -0.39 is 28.8 Å². The lowest BCUT2D eigenvalue weighted by Gasteiger charge is -2.36. The highest BCUT2D eigenvalue weighted by Gasteiger charge is 2.73. The Morgan fingerprint density at radius 2 is 1.59 bits per heavy atom. The van der Waals surface area contributed by atoms with E-state index in [2.05, 4.69) is 0 Å². The smallest absolute Gasteiger partial charge is 0.180 e. The molecule has 1 aromatic heterocycles. The monoisotopic (exact) mass is 452 g/mol. The fourth-order valence-electron chi connectivity index (χ4n) is 6.00. The molecule has 3 aromatic rings. The maximum Gasteiger partial charge on any atom is 0.180 e. The van der Waals surface area contributed by atoms with Crippen LogP contribution in [-0.2, 0) is 4.79 Å². The maximum absolute atomic E-state index is 14.4. The molecule has 1 saturated heterocycles. The van der Waals surface area contributed by atoms with Crippen molar-refractivity contribution in [3.8, 4) is 0 Å². The Morgan fingerprint density at radius 1 is 0.941 bits per heavy atom. The number of nitrogens with zero attached hydrogens (tertiary/aromatic N) is 2. The Hall–Kier alpha value is -3.80. The maximum atomic E-state index is 14.4. The third-order valence-electron chi connectivity index (χ3n) is 7.43. The van der Waals surface area contributed by atoms with Gasteiger partial charge in [0.05, 0.1) is 24.4 Å². The SMILES string of the molecule is CC(C)(C)C(=O)[C@H]1[C@H](c2ccco2)C2(C(=O)c3ccccc3C2=O)[C@H]2c3ccccc3C=NN12. The second-order valence-corrected chi connectivity index (χ2v) is 10.3. The fourth-order valence-corrected chi connectivity index (χ4v) is 6.00. The fraction of sp³-hybridized carbons (Fsp3) is 0.286. The van der Waals surface area contributed by atoms with Gasteiger partial charge >= 0.3 is 0 Å². The molecule has 0 radical (unpaired) electrons. The van der Waals surface area contributed by atoms with Crippen LogP contribution in [0.15, 0.2) is 76.4 Å². The van der Waals surface area contributed by atoms with Crippen molar-refractivity contribution < 1.29 is 18.8 Å². The summed E-state index contributed by atoms with van der Waals surface area (Å²) in [5.74, 6) is -1.03. The van der Waals surface area contributed by atoms with E-state index >= 15 is 0 Å². The van der Waals surface area contributed by atoms with Gasteiger partial charge in [0.25, 0.3) is 0 Å². The van der Waals surface area contributed by atoms with Gasteiger partial charge in [0.1, 0.15) is 17.2 Å². The minimum absolute atomic E-state index is 0.0936. The van der Waals surface area contributed by atoms with Crippen molar-refractivity contribution >= 4 is 23.6 Å². The lowest BCUT2D eigenvalue weighted by molar-refractivity contribution is -0.132. The number of rotatable bonds is 2. The summed E-state index contributed by atoms with van der Waals surface area (Å²) in [4.78, 5) is 42.7. The molecule has 3 heterocycles. The zero-order valence-corrected chi connectivity index (χ0v) is 19.2. The number of Topliss-reactive ketones (excluding diaryl/α,β-unsaturated/α-hetero) is 3. The number of hydrogen-bond donors (Lipinski definition) is 0. The van der Waals surface area contributed by atoms with Gasteiger partial charge in [-0.15, -0.1) is 0 Å². The highest BCUT2D eigenvalue weighted by Crippen LogP contribution is 2.65. The van der Waals surface area contributed by atoms with Crippen LogP contribution in [-0.4, -0.2) is 34.6 Å². The Kier molecular flexibility index (Phi) is 4.19. The van der Waals surface area contributed by atoms with E-state index in [-0.39, 0.29) is 17.3 Å². The van der Waals surface area contributed by atoms with Crippen LogP contribution in [0, 0.1) is 10.8 Å². The normalized spacial score (nSPS) is 24.3. The summed E-state index contributed by atoms with van der Waals surface area (Å²) >= 11 is 0. The molecule has 3 aliphatic rings. The second-order valence-electron chi connectivity index (χ2n) is 10.3. The molecule has 0 amide bonds. The summed E-state index contributed by atoms with van der Waals surface area (Å²) in [5.41, 5.74) is 0.130. The molecule has 0 N–H and O–H groups in total. The Bertz CT molecular complexity index is 1340. The number of hydrogen-bond acceptors (Lipinski definition) is 6. The highest BCUT2D eigenvalue weighted by molar-refractivity contribution is 6.31. The lowest BCUT2D eigenvalue weighted by Crippen LogP contribution is -2.45. The molecule has 2 aliphatic heterocycles. The third kappa shape index (κ3) is 2.45. The molecule has 6 heteroatoms. The first-order chi connectivity index (χ1) is 16.3. The average Bonchev–Trinajstić information content (AvgIpc) is 3.51. The molecule has 0 unspecified atom stereocenters. The number of carbonyl (C=O) groups is 3. The summed E-state index contributed by atoms with van der Waals surface area (Å²) in [6.07, 6.45) is 3.23. The van der Waals surface area contributed by atoms with Crippen molar-refractivity contribution in [3.63, 3.8) is 0 Å². The van der Waals surface area contributed by atoms with Crippen LogP contribution in [0.3, 0.4) is 0 Å². The minimum atomic E-state index is -1.57. The van der Waals surface area contributed by atoms with E-state index in [9.17, 15) is 14.4 Å². The topological polar surface area (TPSA) is 79.9 Å². The quantitative estimate of drug-likeness (QED) is 0.521. The molecule has 2 aromatic carbocycles. The van der Waals surface area contributed by atoms with Crippen molar-refractivity contribution in [2.45, 2.75) is 38.8 Å². The van der Waals surface area contributed by atoms with E-state index in [4.69, 9.17) is 9.52 Å². The van der Waals surface area contributed by atoms with Gasteiger partial charge in [0.15, 0.2) is 17.3 Å². The molecular weight excluding hydrogens is 428 g/mol. The molecule has 34 heavy (non-hydrogen) atoms. The van der Waals surface area contributed by atoms with Crippen LogP contribution in [0.5, 0.6) is 0 Å². The average molecular weight is 453 g/mol. The zero-order valence-electron chi connectivity index (χ0n) is 19.2. The van der Waals surface area contributed by atoms with E-state index in [1.807, 2.05) is 45.0 Å². The Labute approximate surface area is 197 Å². The van der Waals surface area contributed by atoms with Gasteiger partial charge in [-0.25, -0.2) is 0 Å². The first-order valence-electron chi connectivity index (χ1n) is 11.5. The molecule has 6 nitrogen and oxygen atoms in total. The van der Waals surface area contributed by atoms with Gasteiger partial charge in [-0.05, 0) is 23.3 Å². The number of furan rings is 1. The van der Waals surface area contributed by atoms with Gasteiger partial charge in [0.2, 0.25) is 0 Å². The van der Waals surface area contributed by atoms with Gasteiger partial charge in [-0.2, -0.15) is 5.10 Å². The van der Waals surface area contributed by atoms with Crippen molar-refractivity contribution in [2.24, 2.45) is 15.9 Å². The standard InChI is InChI=1S/C28H24N2O4/c1-27(2,3)26(33)22-21(20-13-8-14-34-20)28(24(31)18-11-6-7-12-19(18)25(28)32)23-17-10-5-4-9-16(17)15-29-30(22)23/h4-15,21-23H,1-3H3/t21-,22+,23+/m0/s1. The predicted molar refractivity (Wildman–Crippen MR) is 126 cm³/mol. The molecular formula is C28H24N2O4. The van der Waals surface area contributed by atoms with Crippen LogP contribution in [0.4, 0.5) is 0 Å². The molecule has 1 aliphatic carbocycles.